The highest BCUT2D eigenvalue weighted by Gasteiger charge is 2.39. The van der Waals surface area contributed by atoms with E-state index in [2.05, 4.69) is 15.2 Å². The van der Waals surface area contributed by atoms with E-state index in [-0.39, 0.29) is 17.8 Å². The van der Waals surface area contributed by atoms with Gasteiger partial charge in [0.25, 0.3) is 11.8 Å². The molecule has 0 saturated carbocycles. The predicted molar refractivity (Wildman–Crippen MR) is 125 cm³/mol. The van der Waals surface area contributed by atoms with Crippen LogP contribution in [0.25, 0.3) is 5.57 Å². The molecule has 3 heterocycles. The highest BCUT2D eigenvalue weighted by Crippen LogP contribution is 2.32. The number of aromatic nitrogens is 1. The van der Waals surface area contributed by atoms with Gasteiger partial charge in [-0.25, -0.2) is 4.39 Å². The first kappa shape index (κ1) is 20.9. The van der Waals surface area contributed by atoms with Gasteiger partial charge in [0.05, 0.1) is 12.1 Å². The number of amides is 2. The number of nitrogens with zero attached hydrogens (tertiary/aromatic N) is 3. The summed E-state index contributed by atoms with van der Waals surface area (Å²) >= 11 is 0. The molecule has 6 nitrogen and oxygen atoms in total. The Morgan fingerprint density at radius 2 is 1.64 bits per heavy atom. The molecule has 0 unspecified atom stereocenters. The highest BCUT2D eigenvalue weighted by atomic mass is 19.1. The van der Waals surface area contributed by atoms with Crippen LogP contribution in [0.4, 0.5) is 15.8 Å². The van der Waals surface area contributed by atoms with Gasteiger partial charge in [-0.3, -0.25) is 19.5 Å². The van der Waals surface area contributed by atoms with Gasteiger partial charge < -0.3 is 10.2 Å². The third kappa shape index (κ3) is 4.22. The van der Waals surface area contributed by atoms with Gasteiger partial charge in [-0.15, -0.1) is 0 Å². The average Bonchev–Trinajstić information content (AvgIpc) is 3.45. The fourth-order valence-corrected chi connectivity index (χ4v) is 4.27. The van der Waals surface area contributed by atoms with Crippen molar-refractivity contribution in [1.29, 1.82) is 0 Å². The van der Waals surface area contributed by atoms with Crippen molar-refractivity contribution in [2.24, 2.45) is 0 Å². The van der Waals surface area contributed by atoms with Gasteiger partial charge in [0.15, 0.2) is 0 Å². The summed E-state index contributed by atoms with van der Waals surface area (Å²) in [6.45, 7) is 2.20. The van der Waals surface area contributed by atoms with Crippen LogP contribution in [0, 0.1) is 5.82 Å². The molecule has 0 bridgehead atoms. The third-order valence-corrected chi connectivity index (χ3v) is 5.97. The lowest BCUT2D eigenvalue weighted by Gasteiger charge is -2.18. The number of hydrogen-bond donors (Lipinski definition) is 1. The van der Waals surface area contributed by atoms with Crippen molar-refractivity contribution in [2.45, 2.75) is 19.4 Å². The Balaban J connectivity index is 1.47. The van der Waals surface area contributed by atoms with Gasteiger partial charge in [-0.2, -0.15) is 0 Å². The number of halogens is 1. The molecule has 3 aromatic rings. The van der Waals surface area contributed by atoms with Gasteiger partial charge in [0.2, 0.25) is 0 Å². The minimum atomic E-state index is -0.424. The van der Waals surface area contributed by atoms with Crippen molar-refractivity contribution in [2.75, 3.05) is 23.3 Å². The summed E-state index contributed by atoms with van der Waals surface area (Å²) in [5, 5.41) is 3.16. The Kier molecular flexibility index (Phi) is 5.60. The number of anilines is 2. The zero-order valence-corrected chi connectivity index (χ0v) is 18.0. The summed E-state index contributed by atoms with van der Waals surface area (Å²) in [5.74, 6) is -1.26. The van der Waals surface area contributed by atoms with Gasteiger partial charge >= 0.3 is 0 Å². The molecule has 33 heavy (non-hydrogen) atoms. The average molecular weight is 442 g/mol. The molecule has 1 N–H and O–H groups in total. The van der Waals surface area contributed by atoms with Gasteiger partial charge in [0.1, 0.15) is 11.5 Å². The van der Waals surface area contributed by atoms with Crippen LogP contribution in [0.3, 0.4) is 0 Å². The number of rotatable bonds is 6. The molecule has 2 aliphatic heterocycles. The minimum Gasteiger partial charge on any atom is -0.372 e. The standard InChI is InChI=1S/C26H23FN4O2/c27-20-7-5-19(6-8-20)23-24(26(33)31(25(23)32)17-18-4-3-13-28-16-18)29-21-9-11-22(12-10-21)30-14-1-2-15-30/h3-13,16,29H,1-2,14-15,17H2. The molecule has 0 atom stereocenters. The Morgan fingerprint density at radius 3 is 2.30 bits per heavy atom. The summed E-state index contributed by atoms with van der Waals surface area (Å²) in [6, 6.07) is 17.0. The van der Waals surface area contributed by atoms with Gasteiger partial charge in [0, 0.05) is 36.9 Å². The van der Waals surface area contributed by atoms with Crippen LogP contribution in [-0.4, -0.2) is 34.8 Å². The maximum absolute atomic E-state index is 13.5. The van der Waals surface area contributed by atoms with Crippen molar-refractivity contribution < 1.29 is 14.0 Å². The molecule has 0 spiro atoms. The minimum absolute atomic E-state index is 0.106. The molecule has 1 aromatic heterocycles. The smallest absolute Gasteiger partial charge is 0.278 e. The number of pyridine rings is 1. The number of hydrogen-bond acceptors (Lipinski definition) is 5. The first-order chi connectivity index (χ1) is 16.1. The fourth-order valence-electron chi connectivity index (χ4n) is 4.27. The molecule has 1 saturated heterocycles. The molecular weight excluding hydrogens is 419 g/mol. The van der Waals surface area contributed by atoms with Crippen LogP contribution in [0.5, 0.6) is 0 Å². The first-order valence-electron chi connectivity index (χ1n) is 11.0. The molecule has 166 valence electrons. The molecule has 5 rings (SSSR count). The normalized spacial score (nSPS) is 16.2. The van der Waals surface area contributed by atoms with Crippen LogP contribution < -0.4 is 10.2 Å². The van der Waals surface area contributed by atoms with Crippen LogP contribution in [0.15, 0.2) is 78.8 Å². The second-order valence-electron chi connectivity index (χ2n) is 8.18. The van der Waals surface area contributed by atoms with E-state index in [1.54, 1.807) is 18.5 Å². The van der Waals surface area contributed by atoms with E-state index >= 15 is 0 Å². The van der Waals surface area contributed by atoms with Crippen molar-refractivity contribution in [3.63, 3.8) is 0 Å². The Bertz CT molecular complexity index is 1200. The van der Waals surface area contributed by atoms with E-state index in [0.717, 1.165) is 24.3 Å². The zero-order valence-electron chi connectivity index (χ0n) is 18.0. The van der Waals surface area contributed by atoms with E-state index in [1.165, 1.54) is 42.0 Å². The van der Waals surface area contributed by atoms with Crippen molar-refractivity contribution in [3.8, 4) is 0 Å². The SMILES string of the molecule is O=C1C(Nc2ccc(N3CCCC3)cc2)=C(c2ccc(F)cc2)C(=O)N1Cc1cccnc1. The molecule has 7 heteroatoms. The summed E-state index contributed by atoms with van der Waals surface area (Å²) in [5.41, 5.74) is 3.49. The van der Waals surface area contributed by atoms with E-state index in [1.807, 2.05) is 30.3 Å². The number of imide groups is 1. The lowest BCUT2D eigenvalue weighted by Crippen LogP contribution is -2.32. The Morgan fingerprint density at radius 1 is 0.909 bits per heavy atom. The molecular formula is C26H23FN4O2. The van der Waals surface area contributed by atoms with Crippen LogP contribution >= 0.6 is 0 Å². The van der Waals surface area contributed by atoms with Gasteiger partial charge in [-0.1, -0.05) is 18.2 Å². The molecule has 2 aliphatic rings. The monoisotopic (exact) mass is 442 g/mol. The van der Waals surface area contributed by atoms with E-state index in [4.69, 9.17) is 0 Å². The van der Waals surface area contributed by atoms with Crippen molar-refractivity contribution in [3.05, 3.63) is 95.7 Å². The van der Waals surface area contributed by atoms with Crippen LogP contribution in [0.2, 0.25) is 0 Å². The predicted octanol–water partition coefficient (Wildman–Crippen LogP) is 4.21. The largest absolute Gasteiger partial charge is 0.372 e. The fraction of sp³-hybridized carbons (Fsp3) is 0.192. The number of carbonyl (C=O) groups excluding carboxylic acids is 2. The number of carbonyl (C=O) groups is 2. The molecule has 2 amide bonds. The van der Waals surface area contributed by atoms with Gasteiger partial charge in [-0.05, 0) is 66.4 Å². The van der Waals surface area contributed by atoms with Crippen molar-refractivity contribution in [1.82, 2.24) is 9.88 Å². The van der Waals surface area contributed by atoms with E-state index < -0.39 is 17.6 Å². The van der Waals surface area contributed by atoms with E-state index in [0.29, 0.717) is 11.3 Å². The molecule has 0 aliphatic carbocycles. The number of nitrogens with one attached hydrogen (secondary N) is 1. The first-order valence-corrected chi connectivity index (χ1v) is 11.0. The van der Waals surface area contributed by atoms with E-state index in [9.17, 15) is 14.0 Å². The lowest BCUT2D eigenvalue weighted by atomic mass is 10.0. The number of benzene rings is 2. The quantitative estimate of drug-likeness (QED) is 0.580. The summed E-state index contributed by atoms with van der Waals surface area (Å²) in [7, 11) is 0. The maximum Gasteiger partial charge on any atom is 0.278 e. The summed E-state index contributed by atoms with van der Waals surface area (Å²) < 4.78 is 13.5. The van der Waals surface area contributed by atoms with Crippen molar-refractivity contribution >= 4 is 28.8 Å². The van der Waals surface area contributed by atoms with Crippen LogP contribution in [0.1, 0.15) is 24.0 Å². The topological polar surface area (TPSA) is 65.5 Å². The highest BCUT2D eigenvalue weighted by molar-refractivity contribution is 6.36. The second kappa shape index (κ2) is 8.86. The summed E-state index contributed by atoms with van der Waals surface area (Å²) in [4.78, 5) is 34.2. The Hall–Kier alpha value is -4.00. The maximum atomic E-state index is 13.5. The zero-order chi connectivity index (χ0) is 22.8. The lowest BCUT2D eigenvalue weighted by molar-refractivity contribution is -0.137. The van der Waals surface area contributed by atoms with Crippen LogP contribution in [-0.2, 0) is 16.1 Å². The summed E-state index contributed by atoms with van der Waals surface area (Å²) in [6.07, 6.45) is 5.65. The molecule has 1 fully saturated rings. The molecule has 2 aromatic carbocycles. The Labute approximate surface area is 191 Å². The molecule has 0 radical (unpaired) electrons. The second-order valence-corrected chi connectivity index (χ2v) is 8.18. The third-order valence-electron chi connectivity index (χ3n) is 5.97.